The molecule has 0 bridgehead atoms. The largest absolute Gasteiger partial charge is 0.464 e. The Labute approximate surface area is 166 Å². The molecule has 1 unspecified atom stereocenters. The highest BCUT2D eigenvalue weighted by Crippen LogP contribution is 2.42. The van der Waals surface area contributed by atoms with Crippen molar-refractivity contribution in [2.45, 2.75) is 52.6 Å². The van der Waals surface area contributed by atoms with Gasteiger partial charge in [0.15, 0.2) is 5.54 Å². The minimum atomic E-state index is -1.15. The molecular formula is C22H28N2O4. The normalized spacial score (nSPS) is 21.8. The molecular weight excluding hydrogens is 356 g/mol. The Morgan fingerprint density at radius 2 is 1.54 bits per heavy atom. The van der Waals surface area contributed by atoms with E-state index in [9.17, 15) is 9.59 Å². The predicted octanol–water partition coefficient (Wildman–Crippen LogP) is 3.99. The summed E-state index contributed by atoms with van der Waals surface area (Å²) >= 11 is 0. The monoisotopic (exact) mass is 384 g/mol. The molecule has 0 spiro atoms. The average molecular weight is 384 g/mol. The molecule has 6 heteroatoms. The molecule has 0 saturated heterocycles. The molecule has 2 heterocycles. The number of carbonyl (C=O) groups excluding carboxylic acids is 2. The molecule has 0 amide bonds. The molecule has 150 valence electrons. The van der Waals surface area contributed by atoms with Crippen molar-refractivity contribution in [2.75, 3.05) is 23.8 Å². The third-order valence-electron chi connectivity index (χ3n) is 4.93. The molecule has 0 aliphatic carbocycles. The van der Waals surface area contributed by atoms with Gasteiger partial charge in [0.25, 0.3) is 0 Å². The van der Waals surface area contributed by atoms with Crippen LogP contribution in [0.2, 0.25) is 0 Å². The number of rotatable bonds is 4. The van der Waals surface area contributed by atoms with Crippen LogP contribution in [0.3, 0.4) is 0 Å². The van der Waals surface area contributed by atoms with Crippen molar-refractivity contribution in [1.29, 1.82) is 0 Å². The second kappa shape index (κ2) is 7.00. The molecule has 6 nitrogen and oxygen atoms in total. The number of benzene rings is 1. The predicted molar refractivity (Wildman–Crippen MR) is 111 cm³/mol. The summed E-state index contributed by atoms with van der Waals surface area (Å²) in [6.07, 6.45) is 3.77. The molecule has 0 saturated carbocycles. The molecule has 2 N–H and O–H groups in total. The van der Waals surface area contributed by atoms with E-state index < -0.39 is 17.5 Å². The Morgan fingerprint density at radius 1 is 0.929 bits per heavy atom. The van der Waals surface area contributed by atoms with E-state index in [2.05, 4.69) is 37.5 Å². The lowest BCUT2D eigenvalue weighted by Gasteiger charge is -2.36. The molecule has 1 atom stereocenters. The lowest BCUT2D eigenvalue weighted by Crippen LogP contribution is -2.45. The summed E-state index contributed by atoms with van der Waals surface area (Å²) in [6, 6.07) is 3.92. The Bertz CT molecular complexity index is 898. The maximum absolute atomic E-state index is 12.7. The van der Waals surface area contributed by atoms with Crippen LogP contribution >= 0.6 is 0 Å². The van der Waals surface area contributed by atoms with Crippen molar-refractivity contribution in [3.8, 4) is 0 Å². The summed E-state index contributed by atoms with van der Waals surface area (Å²) < 4.78 is 10.5. The second-order valence-corrected chi connectivity index (χ2v) is 7.94. The molecule has 2 aliphatic heterocycles. The summed E-state index contributed by atoms with van der Waals surface area (Å²) in [5.74, 6) is -0.894. The Balaban J connectivity index is 2.16. The number of hydrogen-bond acceptors (Lipinski definition) is 6. The third kappa shape index (κ3) is 3.51. The van der Waals surface area contributed by atoms with Gasteiger partial charge in [-0.2, -0.15) is 0 Å². The SMILES string of the molecule is CCOC(=O)C1=CC(C)(C(=O)OCC)Nc2cc3c(cc21)NC(C)(C)C=C3C. The smallest absolute Gasteiger partial charge is 0.338 e. The van der Waals surface area contributed by atoms with Gasteiger partial charge in [0.2, 0.25) is 0 Å². The highest BCUT2D eigenvalue weighted by molar-refractivity contribution is 6.21. The molecule has 0 fully saturated rings. The summed E-state index contributed by atoms with van der Waals surface area (Å²) in [5, 5.41) is 6.76. The first-order valence-corrected chi connectivity index (χ1v) is 9.62. The lowest BCUT2D eigenvalue weighted by molar-refractivity contribution is -0.146. The molecule has 3 rings (SSSR count). The van der Waals surface area contributed by atoms with Crippen LogP contribution < -0.4 is 10.6 Å². The summed E-state index contributed by atoms with van der Waals surface area (Å²) in [7, 11) is 0. The van der Waals surface area contributed by atoms with Crippen molar-refractivity contribution < 1.29 is 19.1 Å². The standard InChI is InChI=1S/C22H28N2O4/c1-7-27-19(25)16-12-22(6,20(26)28-8-2)24-18-9-14-13(3)11-21(4,5)23-17(14)10-15(16)18/h9-12,23-24H,7-8H2,1-6H3. The number of esters is 2. The topological polar surface area (TPSA) is 76.7 Å². The highest BCUT2D eigenvalue weighted by Gasteiger charge is 2.40. The molecule has 28 heavy (non-hydrogen) atoms. The van der Waals surface area contributed by atoms with Gasteiger partial charge in [0, 0.05) is 22.5 Å². The van der Waals surface area contributed by atoms with Crippen LogP contribution in [0.15, 0.2) is 24.3 Å². The van der Waals surface area contributed by atoms with Gasteiger partial charge in [-0.3, -0.25) is 0 Å². The fourth-order valence-electron chi connectivity index (χ4n) is 3.81. The van der Waals surface area contributed by atoms with E-state index in [0.29, 0.717) is 16.8 Å². The number of anilines is 2. The first-order valence-electron chi connectivity index (χ1n) is 9.62. The van der Waals surface area contributed by atoms with Crippen LogP contribution in [0.1, 0.15) is 52.7 Å². The second-order valence-electron chi connectivity index (χ2n) is 7.94. The number of allylic oxidation sites excluding steroid dienone is 1. The Hall–Kier alpha value is -2.76. The first-order chi connectivity index (χ1) is 13.1. The van der Waals surface area contributed by atoms with Gasteiger partial charge in [0.1, 0.15) is 0 Å². The van der Waals surface area contributed by atoms with Gasteiger partial charge in [-0.25, -0.2) is 9.59 Å². The van der Waals surface area contributed by atoms with Crippen LogP contribution in [0.4, 0.5) is 11.4 Å². The number of fused-ring (bicyclic) bond motifs is 2. The van der Waals surface area contributed by atoms with Gasteiger partial charge >= 0.3 is 11.9 Å². The minimum absolute atomic E-state index is 0.194. The van der Waals surface area contributed by atoms with E-state index >= 15 is 0 Å². The van der Waals surface area contributed by atoms with Gasteiger partial charge in [-0.05, 0) is 65.3 Å². The molecule has 2 aliphatic rings. The van der Waals surface area contributed by atoms with Crippen molar-refractivity contribution in [2.24, 2.45) is 0 Å². The lowest BCUT2D eigenvalue weighted by atomic mass is 9.84. The van der Waals surface area contributed by atoms with E-state index in [1.54, 1.807) is 26.8 Å². The first kappa shape index (κ1) is 20.0. The zero-order chi connectivity index (χ0) is 20.7. The van der Waals surface area contributed by atoms with E-state index in [-0.39, 0.29) is 18.8 Å². The zero-order valence-electron chi connectivity index (χ0n) is 17.4. The number of nitrogens with one attached hydrogen (secondary N) is 2. The van der Waals surface area contributed by atoms with Crippen molar-refractivity contribution in [1.82, 2.24) is 0 Å². The summed E-state index contributed by atoms with van der Waals surface area (Å²) in [5.41, 5.74) is 3.53. The maximum Gasteiger partial charge on any atom is 0.338 e. The quantitative estimate of drug-likeness (QED) is 0.765. The fourth-order valence-corrected chi connectivity index (χ4v) is 3.81. The minimum Gasteiger partial charge on any atom is -0.464 e. The van der Waals surface area contributed by atoms with Crippen LogP contribution in [-0.4, -0.2) is 36.2 Å². The maximum atomic E-state index is 12.7. The number of carbonyl (C=O) groups is 2. The molecule has 0 radical (unpaired) electrons. The Kier molecular flexibility index (Phi) is 5.00. The Morgan fingerprint density at radius 3 is 2.18 bits per heavy atom. The van der Waals surface area contributed by atoms with Gasteiger partial charge in [-0.15, -0.1) is 0 Å². The van der Waals surface area contributed by atoms with Crippen LogP contribution in [0.25, 0.3) is 11.1 Å². The van der Waals surface area contributed by atoms with E-state index in [0.717, 1.165) is 16.8 Å². The highest BCUT2D eigenvalue weighted by atomic mass is 16.5. The van der Waals surface area contributed by atoms with Gasteiger partial charge in [0.05, 0.1) is 24.3 Å². The van der Waals surface area contributed by atoms with Gasteiger partial charge in [-0.1, -0.05) is 6.08 Å². The average Bonchev–Trinajstić information content (AvgIpc) is 2.59. The van der Waals surface area contributed by atoms with Gasteiger partial charge < -0.3 is 20.1 Å². The third-order valence-corrected chi connectivity index (χ3v) is 4.93. The number of hydrogen-bond donors (Lipinski definition) is 2. The van der Waals surface area contributed by atoms with E-state index in [1.807, 2.05) is 12.1 Å². The number of ether oxygens (including phenoxy) is 2. The molecule has 0 aromatic heterocycles. The van der Waals surface area contributed by atoms with Crippen molar-refractivity contribution in [3.05, 3.63) is 35.4 Å². The molecule has 1 aromatic carbocycles. The van der Waals surface area contributed by atoms with Crippen molar-refractivity contribution in [3.63, 3.8) is 0 Å². The summed E-state index contributed by atoms with van der Waals surface area (Å²) in [4.78, 5) is 25.3. The fraction of sp³-hybridized carbons (Fsp3) is 0.455. The zero-order valence-corrected chi connectivity index (χ0v) is 17.4. The van der Waals surface area contributed by atoms with E-state index in [4.69, 9.17) is 9.47 Å². The van der Waals surface area contributed by atoms with Crippen LogP contribution in [0, 0.1) is 0 Å². The van der Waals surface area contributed by atoms with Crippen LogP contribution in [-0.2, 0) is 19.1 Å². The van der Waals surface area contributed by atoms with Crippen molar-refractivity contribution >= 4 is 34.5 Å². The van der Waals surface area contributed by atoms with Crippen LogP contribution in [0.5, 0.6) is 0 Å². The molecule has 1 aromatic rings. The summed E-state index contributed by atoms with van der Waals surface area (Å²) in [6.45, 7) is 12.0. The van der Waals surface area contributed by atoms with E-state index in [1.165, 1.54) is 0 Å².